The van der Waals surface area contributed by atoms with Gasteiger partial charge >= 0.3 is 0 Å². The highest BCUT2D eigenvalue weighted by atomic mass is 32.2. The summed E-state index contributed by atoms with van der Waals surface area (Å²) in [5.41, 5.74) is 2.59. The molecule has 2 aromatic rings. The number of amides is 1. The summed E-state index contributed by atoms with van der Waals surface area (Å²) in [7, 11) is -3.56. The van der Waals surface area contributed by atoms with E-state index in [9.17, 15) is 13.2 Å². The molecule has 5 nitrogen and oxygen atoms in total. The van der Waals surface area contributed by atoms with E-state index >= 15 is 0 Å². The number of piperazine rings is 1. The van der Waals surface area contributed by atoms with Crippen molar-refractivity contribution in [2.24, 2.45) is 0 Å². The van der Waals surface area contributed by atoms with Crippen LogP contribution in [0.4, 0.5) is 0 Å². The van der Waals surface area contributed by atoms with Gasteiger partial charge in [-0.05, 0) is 49.4 Å². The summed E-state index contributed by atoms with van der Waals surface area (Å²) >= 11 is 1.57. The van der Waals surface area contributed by atoms with Gasteiger partial charge in [-0.2, -0.15) is 4.31 Å². The topological polar surface area (TPSA) is 57.7 Å². The van der Waals surface area contributed by atoms with Gasteiger partial charge < -0.3 is 4.90 Å². The summed E-state index contributed by atoms with van der Waals surface area (Å²) in [5.74, 6) is -0.0804. The maximum atomic E-state index is 13.1. The Hall–Kier alpha value is -1.96. The van der Waals surface area contributed by atoms with E-state index in [1.165, 1.54) is 4.31 Å². The Balaban J connectivity index is 1.69. The number of carbonyl (C=O) groups excluding carboxylic acids is 1. The van der Waals surface area contributed by atoms with Crippen LogP contribution >= 0.6 is 11.3 Å². The smallest absolute Gasteiger partial charge is 0.246 e. The average Bonchev–Trinajstić information content (AvgIpc) is 3.12. The molecule has 1 amide bonds. The monoisotopic (exact) mass is 404 g/mol. The second-order valence-electron chi connectivity index (χ2n) is 6.81. The molecule has 1 aromatic heterocycles. The highest BCUT2D eigenvalue weighted by Gasteiger charge is 2.31. The number of thiophene rings is 1. The van der Waals surface area contributed by atoms with Crippen molar-refractivity contribution in [3.8, 4) is 0 Å². The largest absolute Gasteiger partial charge is 0.337 e. The van der Waals surface area contributed by atoms with Crippen LogP contribution in [0.25, 0.3) is 6.08 Å². The molecule has 27 heavy (non-hydrogen) atoms. The SMILES string of the molecule is Cc1cc(C)c(S(=O)(=O)N2CCN(C(=O)C=Cc3cccs3)CC2)c(C)c1. The van der Waals surface area contributed by atoms with Gasteiger partial charge in [0, 0.05) is 37.1 Å². The number of sulfonamides is 1. The lowest BCUT2D eigenvalue weighted by Crippen LogP contribution is -2.50. The molecule has 0 atom stereocenters. The number of hydrogen-bond donors (Lipinski definition) is 0. The zero-order valence-corrected chi connectivity index (χ0v) is 17.4. The van der Waals surface area contributed by atoms with Crippen molar-refractivity contribution in [2.75, 3.05) is 26.2 Å². The Morgan fingerprint density at radius 1 is 1.07 bits per heavy atom. The third-order valence-corrected chi connectivity index (χ3v) is 7.73. The van der Waals surface area contributed by atoms with Crippen molar-refractivity contribution in [1.29, 1.82) is 0 Å². The molecule has 3 rings (SSSR count). The van der Waals surface area contributed by atoms with Gasteiger partial charge in [0.15, 0.2) is 0 Å². The summed E-state index contributed by atoms with van der Waals surface area (Å²) in [6.07, 6.45) is 3.36. The van der Waals surface area contributed by atoms with Crippen molar-refractivity contribution in [3.63, 3.8) is 0 Å². The third-order valence-electron chi connectivity index (χ3n) is 4.69. The van der Waals surface area contributed by atoms with Gasteiger partial charge in [0.1, 0.15) is 0 Å². The molecule has 2 heterocycles. The maximum absolute atomic E-state index is 13.1. The first-order valence-corrected chi connectivity index (χ1v) is 11.2. The van der Waals surface area contributed by atoms with Crippen molar-refractivity contribution >= 4 is 33.3 Å². The van der Waals surface area contributed by atoms with Gasteiger partial charge in [0.25, 0.3) is 0 Å². The molecule has 0 aliphatic carbocycles. The zero-order valence-electron chi connectivity index (χ0n) is 15.8. The van der Waals surface area contributed by atoms with E-state index in [2.05, 4.69) is 0 Å². The van der Waals surface area contributed by atoms with E-state index < -0.39 is 10.0 Å². The van der Waals surface area contributed by atoms with E-state index in [0.29, 0.717) is 31.1 Å². The van der Waals surface area contributed by atoms with Gasteiger partial charge in [-0.3, -0.25) is 4.79 Å². The fourth-order valence-corrected chi connectivity index (χ4v) is 5.95. The van der Waals surface area contributed by atoms with Gasteiger partial charge in [-0.25, -0.2) is 8.42 Å². The molecule has 0 radical (unpaired) electrons. The second-order valence-corrected chi connectivity index (χ2v) is 9.66. The van der Waals surface area contributed by atoms with E-state index in [1.807, 2.05) is 50.4 Å². The standard InChI is InChI=1S/C20H24N2O3S2/c1-15-13-16(2)20(17(3)14-15)27(24,25)22-10-8-21(9-11-22)19(23)7-6-18-5-4-12-26-18/h4-7,12-14H,8-11H2,1-3H3. The lowest BCUT2D eigenvalue weighted by atomic mass is 10.1. The number of hydrogen-bond acceptors (Lipinski definition) is 4. The molecule has 1 saturated heterocycles. The van der Waals surface area contributed by atoms with Crippen LogP contribution in [0.5, 0.6) is 0 Å². The number of carbonyl (C=O) groups is 1. The van der Waals surface area contributed by atoms with Crippen LogP contribution in [0.1, 0.15) is 21.6 Å². The van der Waals surface area contributed by atoms with E-state index in [4.69, 9.17) is 0 Å². The van der Waals surface area contributed by atoms with Gasteiger partial charge in [0.05, 0.1) is 4.90 Å². The lowest BCUT2D eigenvalue weighted by molar-refractivity contribution is -0.127. The minimum absolute atomic E-state index is 0.0804. The first kappa shape index (κ1) is 19.8. The highest BCUT2D eigenvalue weighted by Crippen LogP contribution is 2.26. The van der Waals surface area contributed by atoms with E-state index in [1.54, 1.807) is 28.4 Å². The molecule has 144 valence electrons. The van der Waals surface area contributed by atoms with Crippen molar-refractivity contribution < 1.29 is 13.2 Å². The number of nitrogens with zero attached hydrogens (tertiary/aromatic N) is 2. The molecule has 1 fully saturated rings. The molecule has 0 bridgehead atoms. The molecule has 0 N–H and O–H groups in total. The lowest BCUT2D eigenvalue weighted by Gasteiger charge is -2.34. The van der Waals surface area contributed by atoms with Gasteiger partial charge in [0.2, 0.25) is 15.9 Å². The van der Waals surface area contributed by atoms with E-state index in [0.717, 1.165) is 21.6 Å². The first-order valence-electron chi connectivity index (χ1n) is 8.87. The summed E-state index contributed by atoms with van der Waals surface area (Å²) in [6, 6.07) is 7.68. The average molecular weight is 405 g/mol. The van der Waals surface area contributed by atoms with Crippen LogP contribution in [0.2, 0.25) is 0 Å². The minimum Gasteiger partial charge on any atom is -0.337 e. The molecule has 1 aliphatic rings. The Morgan fingerprint density at radius 3 is 2.26 bits per heavy atom. The molecule has 0 spiro atoms. The fraction of sp³-hybridized carbons (Fsp3) is 0.350. The first-order chi connectivity index (χ1) is 12.8. The molecule has 7 heteroatoms. The Morgan fingerprint density at radius 2 is 1.70 bits per heavy atom. The van der Waals surface area contributed by atoms with E-state index in [-0.39, 0.29) is 5.91 Å². The molecule has 1 aliphatic heterocycles. The van der Waals surface area contributed by atoms with Crippen LogP contribution in [0.15, 0.2) is 40.6 Å². The molecule has 1 aromatic carbocycles. The summed E-state index contributed by atoms with van der Waals surface area (Å²) in [5, 5.41) is 1.96. The van der Waals surface area contributed by atoms with Crippen molar-refractivity contribution in [3.05, 3.63) is 57.3 Å². The predicted molar refractivity (Wildman–Crippen MR) is 109 cm³/mol. The van der Waals surface area contributed by atoms with Gasteiger partial charge in [-0.1, -0.05) is 23.8 Å². The number of rotatable bonds is 4. The number of aryl methyl sites for hydroxylation is 3. The molecule has 0 unspecified atom stereocenters. The fourth-order valence-electron chi connectivity index (χ4n) is 3.50. The van der Waals surface area contributed by atoms with Crippen LogP contribution in [0, 0.1) is 20.8 Å². The quantitative estimate of drug-likeness (QED) is 0.735. The second kappa shape index (κ2) is 7.96. The maximum Gasteiger partial charge on any atom is 0.246 e. The Labute approximate surface area is 165 Å². The summed E-state index contributed by atoms with van der Waals surface area (Å²) in [4.78, 5) is 15.5. The third kappa shape index (κ3) is 4.31. The molecular weight excluding hydrogens is 380 g/mol. The normalized spacial score (nSPS) is 16.2. The predicted octanol–water partition coefficient (Wildman–Crippen LogP) is 3.22. The van der Waals surface area contributed by atoms with Crippen LogP contribution < -0.4 is 0 Å². The highest BCUT2D eigenvalue weighted by molar-refractivity contribution is 7.89. The van der Waals surface area contributed by atoms with Crippen LogP contribution in [-0.4, -0.2) is 49.7 Å². The zero-order chi connectivity index (χ0) is 19.6. The summed E-state index contributed by atoms with van der Waals surface area (Å²) in [6.45, 7) is 7.06. The molecular formula is C20H24N2O3S2. The minimum atomic E-state index is -3.56. The Bertz CT molecular complexity index is 932. The molecule has 0 saturated carbocycles. The van der Waals surface area contributed by atoms with Gasteiger partial charge in [-0.15, -0.1) is 11.3 Å². The summed E-state index contributed by atoms with van der Waals surface area (Å²) < 4.78 is 27.7. The van der Waals surface area contributed by atoms with Crippen molar-refractivity contribution in [2.45, 2.75) is 25.7 Å². The van der Waals surface area contributed by atoms with Crippen LogP contribution in [-0.2, 0) is 14.8 Å². The van der Waals surface area contributed by atoms with Crippen molar-refractivity contribution in [1.82, 2.24) is 9.21 Å². The Kier molecular flexibility index (Phi) is 5.83. The number of benzene rings is 1. The van der Waals surface area contributed by atoms with Crippen LogP contribution in [0.3, 0.4) is 0 Å².